The molecule has 1 aliphatic rings. The van der Waals surface area contributed by atoms with Gasteiger partial charge < -0.3 is 0 Å². The van der Waals surface area contributed by atoms with E-state index in [4.69, 9.17) is 23.2 Å². The molecule has 1 fully saturated rings. The molecule has 1 unspecified atom stereocenters. The lowest BCUT2D eigenvalue weighted by Gasteiger charge is -1.95. The number of thioether (sulfide) groups is 1. The van der Waals surface area contributed by atoms with Crippen LogP contribution in [0.5, 0.6) is 0 Å². The van der Waals surface area contributed by atoms with Gasteiger partial charge in [-0.2, -0.15) is 0 Å². The quantitative estimate of drug-likeness (QED) is 0.601. The Kier molecular flexibility index (Phi) is 2.51. The number of halogens is 2. The fourth-order valence-electron chi connectivity index (χ4n) is 0.848. The van der Waals surface area contributed by atoms with Crippen LogP contribution in [0.25, 0.3) is 0 Å². The topological polar surface area (TPSA) is 25.8 Å². The average Bonchev–Trinajstić information content (AvgIpc) is 2.54. The van der Waals surface area contributed by atoms with Crippen LogP contribution in [-0.4, -0.2) is 20.3 Å². The molecule has 0 bridgehead atoms. The van der Waals surface area contributed by atoms with Crippen LogP contribution in [0.15, 0.2) is 9.85 Å². The van der Waals surface area contributed by atoms with Crippen LogP contribution in [0.2, 0.25) is 0 Å². The van der Waals surface area contributed by atoms with E-state index in [1.807, 2.05) is 0 Å². The summed E-state index contributed by atoms with van der Waals surface area (Å²) in [7, 11) is 0. The molecular weight excluding hydrogens is 235 g/mol. The van der Waals surface area contributed by atoms with E-state index < -0.39 is 4.33 Å². The van der Waals surface area contributed by atoms with Crippen molar-refractivity contribution < 1.29 is 0 Å². The Morgan fingerprint density at radius 3 is 3.00 bits per heavy atom. The van der Waals surface area contributed by atoms with E-state index >= 15 is 0 Å². The lowest BCUT2D eigenvalue weighted by Crippen LogP contribution is -1.92. The maximum absolute atomic E-state index is 5.87. The van der Waals surface area contributed by atoms with Gasteiger partial charge in [0.2, 0.25) is 0 Å². The molecule has 1 aromatic rings. The summed E-state index contributed by atoms with van der Waals surface area (Å²) < 4.78 is 0.531. The van der Waals surface area contributed by atoms with E-state index in [0.29, 0.717) is 5.92 Å². The molecule has 1 saturated carbocycles. The molecule has 66 valence electrons. The Bertz CT molecular complexity index is 263. The summed E-state index contributed by atoms with van der Waals surface area (Å²) in [5.41, 5.74) is 1.73. The van der Waals surface area contributed by atoms with E-state index in [0.717, 1.165) is 16.5 Å². The lowest BCUT2D eigenvalue weighted by atomic mass is 10.5. The first-order chi connectivity index (χ1) is 5.68. The van der Waals surface area contributed by atoms with Crippen molar-refractivity contribution in [3.63, 3.8) is 0 Å². The van der Waals surface area contributed by atoms with Gasteiger partial charge >= 0.3 is 0 Å². The first-order valence-electron chi connectivity index (χ1n) is 3.45. The number of hydrogen-bond donors (Lipinski definition) is 0. The Morgan fingerprint density at radius 2 is 2.50 bits per heavy atom. The van der Waals surface area contributed by atoms with Gasteiger partial charge in [0.25, 0.3) is 0 Å². The number of hydrogen-bond acceptors (Lipinski definition) is 4. The number of nitrogens with zero attached hydrogens (tertiary/aromatic N) is 2. The van der Waals surface area contributed by atoms with Crippen molar-refractivity contribution in [2.45, 2.75) is 15.1 Å². The highest BCUT2D eigenvalue weighted by atomic mass is 35.5. The molecule has 1 heterocycles. The van der Waals surface area contributed by atoms with Crippen LogP contribution in [0.3, 0.4) is 0 Å². The number of alkyl halides is 2. The van der Waals surface area contributed by atoms with Crippen LogP contribution in [0, 0.1) is 5.92 Å². The molecule has 2 nitrogen and oxygen atoms in total. The maximum atomic E-state index is 5.87. The fraction of sp³-hybridized carbons (Fsp3) is 0.667. The number of aromatic nitrogens is 2. The van der Waals surface area contributed by atoms with Gasteiger partial charge in [-0.25, -0.2) is 0 Å². The van der Waals surface area contributed by atoms with Crippen LogP contribution in [-0.2, 0) is 0 Å². The smallest absolute Gasteiger partial charge is 0.146 e. The van der Waals surface area contributed by atoms with Crippen LogP contribution in [0.1, 0.15) is 6.42 Å². The molecule has 1 atom stereocenters. The summed E-state index contributed by atoms with van der Waals surface area (Å²) in [6.45, 7) is 0. The maximum Gasteiger partial charge on any atom is 0.174 e. The minimum absolute atomic E-state index is 0.426. The molecule has 1 aromatic heterocycles. The zero-order chi connectivity index (χ0) is 8.60. The van der Waals surface area contributed by atoms with Crippen molar-refractivity contribution in [3.8, 4) is 0 Å². The molecule has 0 saturated heterocycles. The standard InChI is InChI=1S/C6H6Cl2N2S2/c7-6(8)1-4(6)2-11-5-10-9-3-12-5/h3-4H,1-2H2. The van der Waals surface area contributed by atoms with Gasteiger partial charge in [-0.3, -0.25) is 0 Å². The summed E-state index contributed by atoms with van der Waals surface area (Å²) >= 11 is 15.0. The summed E-state index contributed by atoms with van der Waals surface area (Å²) in [6, 6.07) is 0. The van der Waals surface area contributed by atoms with E-state index in [1.165, 1.54) is 0 Å². The van der Waals surface area contributed by atoms with E-state index in [1.54, 1.807) is 28.6 Å². The van der Waals surface area contributed by atoms with Crippen LogP contribution in [0.4, 0.5) is 0 Å². The second-order valence-electron chi connectivity index (χ2n) is 2.68. The molecule has 0 amide bonds. The fourth-order valence-corrected chi connectivity index (χ4v) is 3.29. The molecule has 0 N–H and O–H groups in total. The summed E-state index contributed by atoms with van der Waals surface area (Å²) in [4.78, 5) is 0. The highest BCUT2D eigenvalue weighted by Gasteiger charge is 2.51. The Hall–Kier alpha value is 0.490. The van der Waals surface area contributed by atoms with E-state index in [9.17, 15) is 0 Å². The van der Waals surface area contributed by atoms with Gasteiger partial charge in [-0.15, -0.1) is 33.4 Å². The van der Waals surface area contributed by atoms with Gasteiger partial charge in [-0.1, -0.05) is 23.1 Å². The van der Waals surface area contributed by atoms with Crippen molar-refractivity contribution >= 4 is 46.3 Å². The van der Waals surface area contributed by atoms with Gasteiger partial charge in [0.05, 0.1) is 0 Å². The third kappa shape index (κ3) is 2.05. The molecule has 0 spiro atoms. The van der Waals surface area contributed by atoms with Crippen molar-refractivity contribution in [1.29, 1.82) is 0 Å². The third-order valence-electron chi connectivity index (χ3n) is 1.70. The highest BCUT2D eigenvalue weighted by molar-refractivity contribution is 8.01. The predicted molar refractivity (Wildman–Crippen MR) is 53.2 cm³/mol. The Labute approximate surface area is 88.7 Å². The van der Waals surface area contributed by atoms with Crippen molar-refractivity contribution in [1.82, 2.24) is 10.2 Å². The zero-order valence-electron chi connectivity index (χ0n) is 6.04. The number of rotatable bonds is 3. The van der Waals surface area contributed by atoms with Gasteiger partial charge in [0.15, 0.2) is 4.34 Å². The van der Waals surface area contributed by atoms with Crippen molar-refractivity contribution in [3.05, 3.63) is 5.51 Å². The first kappa shape index (κ1) is 9.06. The van der Waals surface area contributed by atoms with Crippen molar-refractivity contribution in [2.24, 2.45) is 5.92 Å². The molecule has 12 heavy (non-hydrogen) atoms. The van der Waals surface area contributed by atoms with Crippen molar-refractivity contribution in [2.75, 3.05) is 5.75 Å². The molecule has 2 rings (SSSR count). The second-order valence-corrected chi connectivity index (χ2v) is 6.32. The van der Waals surface area contributed by atoms with Crippen LogP contribution >= 0.6 is 46.3 Å². The average molecular weight is 241 g/mol. The first-order valence-corrected chi connectivity index (χ1v) is 6.07. The SMILES string of the molecule is ClC1(Cl)CC1CSc1nncs1. The van der Waals surface area contributed by atoms with E-state index in [2.05, 4.69) is 10.2 Å². The molecular formula is C6H6Cl2N2S2. The summed E-state index contributed by atoms with van der Waals surface area (Å²) in [6.07, 6.45) is 0.905. The largest absolute Gasteiger partial charge is 0.174 e. The molecule has 0 aliphatic heterocycles. The third-order valence-corrected chi connectivity index (χ3v) is 4.65. The molecule has 1 aliphatic carbocycles. The van der Waals surface area contributed by atoms with E-state index in [-0.39, 0.29) is 0 Å². The highest BCUT2D eigenvalue weighted by Crippen LogP contribution is 2.54. The minimum Gasteiger partial charge on any atom is -0.146 e. The molecule has 0 aromatic carbocycles. The second kappa shape index (κ2) is 3.33. The molecule has 0 radical (unpaired) electrons. The van der Waals surface area contributed by atoms with Gasteiger partial charge in [0, 0.05) is 11.7 Å². The zero-order valence-corrected chi connectivity index (χ0v) is 9.18. The predicted octanol–water partition coefficient (Wildman–Crippen LogP) is 2.82. The van der Waals surface area contributed by atoms with Gasteiger partial charge in [0.1, 0.15) is 9.84 Å². The normalized spacial score (nSPS) is 25.7. The molecule has 6 heteroatoms. The summed E-state index contributed by atoms with van der Waals surface area (Å²) in [5, 5.41) is 7.65. The lowest BCUT2D eigenvalue weighted by molar-refractivity contribution is 0.967. The van der Waals surface area contributed by atoms with Gasteiger partial charge in [-0.05, 0) is 6.42 Å². The summed E-state index contributed by atoms with van der Waals surface area (Å²) in [5.74, 6) is 1.37. The van der Waals surface area contributed by atoms with Crippen LogP contribution < -0.4 is 0 Å². The Morgan fingerprint density at radius 1 is 1.75 bits per heavy atom. The monoisotopic (exact) mass is 240 g/mol. The minimum atomic E-state index is -0.461. The Balaban J connectivity index is 1.78.